The zero-order chi connectivity index (χ0) is 18.7. The average Bonchev–Trinajstić information content (AvgIpc) is 2.88. The molecule has 2 aliphatic rings. The van der Waals surface area contributed by atoms with E-state index in [0.717, 1.165) is 44.8 Å². The Labute approximate surface area is 165 Å². The maximum absolute atomic E-state index is 13.6. The molecule has 6 nitrogen and oxygen atoms in total. The zero-order valence-corrected chi connectivity index (χ0v) is 16.6. The number of amides is 2. The first kappa shape index (κ1) is 21.4. The van der Waals surface area contributed by atoms with E-state index < -0.39 is 0 Å². The van der Waals surface area contributed by atoms with Gasteiger partial charge in [0.1, 0.15) is 11.6 Å². The van der Waals surface area contributed by atoms with Gasteiger partial charge in [-0.1, -0.05) is 6.92 Å². The average molecular weight is 400 g/mol. The minimum absolute atomic E-state index is 0. The Bertz CT molecular complexity index is 680. The van der Waals surface area contributed by atoms with E-state index in [-0.39, 0.29) is 36.0 Å². The van der Waals surface area contributed by atoms with Crippen molar-refractivity contribution in [2.45, 2.75) is 19.8 Å². The number of benzene rings is 1. The SMILES string of the molecule is COc1ccc(F)cc1N1CCN(CCCN2C(=O)CC(C)C2=O)CC1.Cl. The molecule has 2 heterocycles. The van der Waals surface area contributed by atoms with Crippen LogP contribution in [0.5, 0.6) is 5.75 Å². The molecule has 3 rings (SSSR count). The van der Waals surface area contributed by atoms with Crippen LogP contribution in [-0.4, -0.2) is 68.0 Å². The molecule has 0 spiro atoms. The lowest BCUT2D eigenvalue weighted by Gasteiger charge is -2.36. The van der Waals surface area contributed by atoms with Gasteiger partial charge >= 0.3 is 0 Å². The molecule has 1 aromatic carbocycles. The van der Waals surface area contributed by atoms with E-state index >= 15 is 0 Å². The zero-order valence-electron chi connectivity index (χ0n) is 15.8. The maximum atomic E-state index is 13.6. The molecule has 8 heteroatoms. The van der Waals surface area contributed by atoms with Gasteiger partial charge in [0.25, 0.3) is 0 Å². The molecule has 0 aromatic heterocycles. The van der Waals surface area contributed by atoms with Gasteiger partial charge in [-0.3, -0.25) is 19.4 Å². The lowest BCUT2D eigenvalue weighted by Crippen LogP contribution is -2.47. The van der Waals surface area contributed by atoms with Gasteiger partial charge in [0.15, 0.2) is 0 Å². The lowest BCUT2D eigenvalue weighted by atomic mass is 10.1. The van der Waals surface area contributed by atoms with Gasteiger partial charge < -0.3 is 9.64 Å². The standard InChI is InChI=1S/C19H26FN3O3.ClH/c1-14-12-18(24)23(19(14)25)7-3-6-21-8-10-22(11-9-21)16-13-15(20)4-5-17(16)26-2;/h4-5,13-14H,3,6-12H2,1-2H3;1H. The Morgan fingerprint density at radius 1 is 1.15 bits per heavy atom. The Kier molecular flexibility index (Phi) is 7.44. The van der Waals surface area contributed by atoms with Crippen molar-refractivity contribution >= 4 is 29.9 Å². The molecule has 1 atom stereocenters. The van der Waals surface area contributed by atoms with Gasteiger partial charge in [-0.15, -0.1) is 12.4 Å². The summed E-state index contributed by atoms with van der Waals surface area (Å²) in [5.74, 6) is 0.147. The van der Waals surface area contributed by atoms with Gasteiger partial charge in [-0.2, -0.15) is 0 Å². The summed E-state index contributed by atoms with van der Waals surface area (Å²) < 4.78 is 18.9. The first-order valence-electron chi connectivity index (χ1n) is 9.14. The van der Waals surface area contributed by atoms with Crippen molar-refractivity contribution in [2.24, 2.45) is 5.92 Å². The fraction of sp³-hybridized carbons (Fsp3) is 0.579. The molecular formula is C19H27ClFN3O3. The molecule has 1 aromatic rings. The highest BCUT2D eigenvalue weighted by Gasteiger charge is 2.35. The van der Waals surface area contributed by atoms with Crippen LogP contribution in [0.15, 0.2) is 18.2 Å². The lowest BCUT2D eigenvalue weighted by molar-refractivity contribution is -0.139. The Balaban J connectivity index is 0.00000261. The van der Waals surface area contributed by atoms with E-state index in [1.807, 2.05) is 0 Å². The van der Waals surface area contributed by atoms with E-state index in [2.05, 4.69) is 9.80 Å². The molecule has 0 bridgehead atoms. The second kappa shape index (κ2) is 9.37. The number of halogens is 2. The largest absolute Gasteiger partial charge is 0.495 e. The topological polar surface area (TPSA) is 53.1 Å². The number of ether oxygens (including phenoxy) is 1. The van der Waals surface area contributed by atoms with E-state index in [4.69, 9.17) is 4.74 Å². The van der Waals surface area contributed by atoms with Crippen LogP contribution in [0.2, 0.25) is 0 Å². The molecule has 2 saturated heterocycles. The van der Waals surface area contributed by atoms with E-state index in [0.29, 0.717) is 18.7 Å². The number of methoxy groups -OCH3 is 1. The van der Waals surface area contributed by atoms with Crippen LogP contribution in [0, 0.1) is 11.7 Å². The van der Waals surface area contributed by atoms with Crippen LogP contribution < -0.4 is 9.64 Å². The van der Waals surface area contributed by atoms with Crippen molar-refractivity contribution in [1.82, 2.24) is 9.80 Å². The molecule has 0 N–H and O–H groups in total. The number of likely N-dealkylation sites (tertiary alicyclic amines) is 1. The highest BCUT2D eigenvalue weighted by atomic mass is 35.5. The van der Waals surface area contributed by atoms with Crippen LogP contribution in [0.4, 0.5) is 10.1 Å². The third-order valence-electron chi connectivity index (χ3n) is 5.18. The Morgan fingerprint density at radius 3 is 2.44 bits per heavy atom. The van der Waals surface area contributed by atoms with Crippen molar-refractivity contribution in [3.8, 4) is 5.75 Å². The summed E-state index contributed by atoms with van der Waals surface area (Å²) in [6.07, 6.45) is 1.13. The first-order chi connectivity index (χ1) is 12.5. The minimum atomic E-state index is -0.266. The summed E-state index contributed by atoms with van der Waals surface area (Å²) >= 11 is 0. The summed E-state index contributed by atoms with van der Waals surface area (Å²) in [7, 11) is 1.59. The molecule has 2 aliphatic heterocycles. The molecule has 0 radical (unpaired) electrons. The van der Waals surface area contributed by atoms with Crippen LogP contribution in [0.1, 0.15) is 19.8 Å². The fourth-order valence-electron chi connectivity index (χ4n) is 3.66. The molecule has 27 heavy (non-hydrogen) atoms. The third kappa shape index (κ3) is 4.90. The van der Waals surface area contributed by atoms with Crippen molar-refractivity contribution in [2.75, 3.05) is 51.3 Å². The Hall–Kier alpha value is -1.86. The maximum Gasteiger partial charge on any atom is 0.232 e. The van der Waals surface area contributed by atoms with Crippen LogP contribution in [-0.2, 0) is 9.59 Å². The highest BCUT2D eigenvalue weighted by molar-refractivity contribution is 6.03. The molecule has 150 valence electrons. The van der Waals surface area contributed by atoms with Crippen LogP contribution >= 0.6 is 12.4 Å². The van der Waals surface area contributed by atoms with Gasteiger partial charge in [0.05, 0.1) is 12.8 Å². The van der Waals surface area contributed by atoms with E-state index in [9.17, 15) is 14.0 Å². The quantitative estimate of drug-likeness (QED) is 0.686. The van der Waals surface area contributed by atoms with Crippen LogP contribution in [0.25, 0.3) is 0 Å². The predicted molar refractivity (Wildman–Crippen MR) is 104 cm³/mol. The number of nitrogens with zero attached hydrogens (tertiary/aromatic N) is 3. The number of imide groups is 1. The summed E-state index contributed by atoms with van der Waals surface area (Å²) in [6.45, 7) is 6.45. The molecular weight excluding hydrogens is 373 g/mol. The monoisotopic (exact) mass is 399 g/mol. The van der Waals surface area contributed by atoms with E-state index in [1.165, 1.54) is 17.0 Å². The highest BCUT2D eigenvalue weighted by Crippen LogP contribution is 2.29. The summed E-state index contributed by atoms with van der Waals surface area (Å²) in [5.41, 5.74) is 0.786. The molecule has 2 fully saturated rings. The first-order valence-corrected chi connectivity index (χ1v) is 9.14. The summed E-state index contributed by atoms with van der Waals surface area (Å²) in [4.78, 5) is 29.6. The Morgan fingerprint density at radius 2 is 1.85 bits per heavy atom. The summed E-state index contributed by atoms with van der Waals surface area (Å²) in [6, 6.07) is 4.57. The fourth-order valence-corrected chi connectivity index (χ4v) is 3.66. The number of anilines is 1. The third-order valence-corrected chi connectivity index (χ3v) is 5.18. The summed E-state index contributed by atoms with van der Waals surface area (Å²) in [5, 5.41) is 0. The van der Waals surface area contributed by atoms with Gasteiger partial charge in [-0.05, 0) is 25.1 Å². The normalized spacial score (nSPS) is 20.8. The van der Waals surface area contributed by atoms with Crippen molar-refractivity contribution in [3.05, 3.63) is 24.0 Å². The van der Waals surface area contributed by atoms with Gasteiger partial charge in [0.2, 0.25) is 11.8 Å². The number of piperazine rings is 1. The molecule has 0 saturated carbocycles. The number of hydrogen-bond acceptors (Lipinski definition) is 5. The van der Waals surface area contributed by atoms with Crippen molar-refractivity contribution in [3.63, 3.8) is 0 Å². The van der Waals surface area contributed by atoms with Crippen molar-refractivity contribution < 1.29 is 18.7 Å². The number of carbonyl (C=O) groups excluding carboxylic acids is 2. The van der Waals surface area contributed by atoms with Crippen LogP contribution in [0.3, 0.4) is 0 Å². The number of hydrogen-bond donors (Lipinski definition) is 0. The number of carbonyl (C=O) groups is 2. The predicted octanol–water partition coefficient (Wildman–Crippen LogP) is 2.16. The van der Waals surface area contributed by atoms with E-state index in [1.54, 1.807) is 20.1 Å². The second-order valence-corrected chi connectivity index (χ2v) is 6.99. The molecule has 1 unspecified atom stereocenters. The van der Waals surface area contributed by atoms with Crippen molar-refractivity contribution in [1.29, 1.82) is 0 Å². The molecule has 2 amide bonds. The van der Waals surface area contributed by atoms with Gasteiger partial charge in [0, 0.05) is 51.1 Å². The number of rotatable bonds is 6. The minimum Gasteiger partial charge on any atom is -0.495 e. The smallest absolute Gasteiger partial charge is 0.232 e. The second-order valence-electron chi connectivity index (χ2n) is 6.99. The van der Waals surface area contributed by atoms with Gasteiger partial charge in [-0.25, -0.2) is 4.39 Å². The molecule has 0 aliphatic carbocycles.